The second-order valence-corrected chi connectivity index (χ2v) is 4.86. The largest absolute Gasteiger partial charge is 0.496 e. The molecule has 0 atom stereocenters. The third-order valence-corrected chi connectivity index (χ3v) is 3.23. The molecule has 0 saturated heterocycles. The number of carbonyl (C=O) groups excluding carboxylic acids is 1. The van der Waals surface area contributed by atoms with Gasteiger partial charge in [-0.15, -0.1) is 0 Å². The Bertz CT molecular complexity index is 822. The molecule has 3 aromatic rings. The van der Waals surface area contributed by atoms with E-state index in [1.54, 1.807) is 26.4 Å². The van der Waals surface area contributed by atoms with Gasteiger partial charge in [0.1, 0.15) is 11.4 Å². The van der Waals surface area contributed by atoms with Crippen LogP contribution in [0, 0.1) is 0 Å². The Balaban J connectivity index is 1.69. The first kappa shape index (κ1) is 14.8. The molecule has 2 heterocycles. The summed E-state index contributed by atoms with van der Waals surface area (Å²) in [5, 5.41) is 7.91. The SMILES string of the molecule is COc1ccccc1-c1cc(COC(=O)c2cnn(C)c2)on1. The normalized spacial score (nSPS) is 10.5. The maximum Gasteiger partial charge on any atom is 0.341 e. The van der Waals surface area contributed by atoms with Crippen molar-refractivity contribution in [3.63, 3.8) is 0 Å². The van der Waals surface area contributed by atoms with E-state index < -0.39 is 5.97 Å². The fourth-order valence-electron chi connectivity index (χ4n) is 2.11. The first-order valence-electron chi connectivity index (χ1n) is 6.92. The van der Waals surface area contributed by atoms with Crippen LogP contribution in [-0.4, -0.2) is 28.0 Å². The number of aromatic nitrogens is 3. The van der Waals surface area contributed by atoms with Crippen LogP contribution in [0.4, 0.5) is 0 Å². The number of esters is 1. The summed E-state index contributed by atoms with van der Waals surface area (Å²) < 4.78 is 17.2. The number of benzene rings is 1. The van der Waals surface area contributed by atoms with Gasteiger partial charge in [-0.1, -0.05) is 17.3 Å². The van der Waals surface area contributed by atoms with Crippen molar-refractivity contribution < 1.29 is 18.8 Å². The number of hydrogen-bond donors (Lipinski definition) is 0. The van der Waals surface area contributed by atoms with Gasteiger partial charge in [-0.25, -0.2) is 4.79 Å². The molecule has 23 heavy (non-hydrogen) atoms. The lowest BCUT2D eigenvalue weighted by Gasteiger charge is -2.03. The lowest BCUT2D eigenvalue weighted by Crippen LogP contribution is -2.03. The summed E-state index contributed by atoms with van der Waals surface area (Å²) in [7, 11) is 3.32. The van der Waals surface area contributed by atoms with Gasteiger partial charge in [0.15, 0.2) is 12.4 Å². The van der Waals surface area contributed by atoms with Crippen molar-refractivity contribution in [1.29, 1.82) is 0 Å². The van der Waals surface area contributed by atoms with E-state index in [2.05, 4.69) is 10.3 Å². The molecule has 118 valence electrons. The number of rotatable bonds is 5. The maximum absolute atomic E-state index is 11.9. The minimum absolute atomic E-state index is 0.00409. The number of aryl methyl sites for hydroxylation is 1. The molecule has 1 aromatic carbocycles. The van der Waals surface area contributed by atoms with Crippen molar-refractivity contribution in [2.75, 3.05) is 7.11 Å². The van der Waals surface area contributed by atoms with Crippen LogP contribution in [0.5, 0.6) is 5.75 Å². The molecule has 0 amide bonds. The molecule has 0 fully saturated rings. The van der Waals surface area contributed by atoms with Crippen LogP contribution in [-0.2, 0) is 18.4 Å². The molecular weight excluding hydrogens is 298 g/mol. The first-order chi connectivity index (χ1) is 11.2. The van der Waals surface area contributed by atoms with Crippen LogP contribution in [0.1, 0.15) is 16.1 Å². The highest BCUT2D eigenvalue weighted by Crippen LogP contribution is 2.29. The van der Waals surface area contributed by atoms with E-state index in [9.17, 15) is 4.79 Å². The standard InChI is InChI=1S/C16H15N3O4/c1-19-9-11(8-17-19)16(20)22-10-12-7-14(18-23-12)13-5-3-4-6-15(13)21-2/h3-9H,10H2,1-2H3. The van der Waals surface area contributed by atoms with Gasteiger partial charge >= 0.3 is 5.97 Å². The number of ether oxygens (including phenoxy) is 2. The van der Waals surface area contributed by atoms with Crippen molar-refractivity contribution in [3.8, 4) is 17.0 Å². The van der Waals surface area contributed by atoms with E-state index in [0.717, 1.165) is 5.56 Å². The van der Waals surface area contributed by atoms with Crippen LogP contribution in [0.15, 0.2) is 47.2 Å². The van der Waals surface area contributed by atoms with Crippen LogP contribution < -0.4 is 4.74 Å². The molecule has 2 aromatic heterocycles. The number of carbonyl (C=O) groups is 1. The Hall–Kier alpha value is -3.09. The fraction of sp³-hybridized carbons (Fsp3) is 0.188. The molecule has 0 saturated carbocycles. The van der Waals surface area contributed by atoms with Crippen LogP contribution >= 0.6 is 0 Å². The third-order valence-electron chi connectivity index (χ3n) is 3.23. The van der Waals surface area contributed by atoms with Crippen LogP contribution in [0.2, 0.25) is 0 Å². The van der Waals surface area contributed by atoms with Gasteiger partial charge in [-0.2, -0.15) is 5.10 Å². The number of hydrogen-bond acceptors (Lipinski definition) is 6. The highest BCUT2D eigenvalue weighted by molar-refractivity contribution is 5.88. The molecule has 0 aliphatic rings. The van der Waals surface area contributed by atoms with Gasteiger partial charge < -0.3 is 14.0 Å². The predicted molar refractivity (Wildman–Crippen MR) is 80.8 cm³/mol. The Labute approximate surface area is 132 Å². The van der Waals surface area contributed by atoms with Crippen molar-refractivity contribution in [3.05, 3.63) is 54.0 Å². The highest BCUT2D eigenvalue weighted by atomic mass is 16.5. The van der Waals surface area contributed by atoms with Gasteiger partial charge in [0, 0.05) is 24.9 Å². The molecular formula is C16H15N3O4. The smallest absolute Gasteiger partial charge is 0.341 e. The van der Waals surface area contributed by atoms with Crippen LogP contribution in [0.25, 0.3) is 11.3 Å². The lowest BCUT2D eigenvalue weighted by atomic mass is 10.1. The Morgan fingerprint density at radius 2 is 2.17 bits per heavy atom. The number of methoxy groups -OCH3 is 1. The maximum atomic E-state index is 11.9. The van der Waals surface area contributed by atoms with Crippen molar-refractivity contribution in [2.24, 2.45) is 7.05 Å². The molecule has 3 rings (SSSR count). The van der Waals surface area contributed by atoms with E-state index in [4.69, 9.17) is 14.0 Å². The Morgan fingerprint density at radius 3 is 2.91 bits per heavy atom. The molecule has 0 aliphatic carbocycles. The predicted octanol–water partition coefficient (Wildman–Crippen LogP) is 2.44. The highest BCUT2D eigenvalue weighted by Gasteiger charge is 2.14. The summed E-state index contributed by atoms with van der Waals surface area (Å²) in [6.07, 6.45) is 3.03. The van der Waals surface area contributed by atoms with E-state index in [-0.39, 0.29) is 6.61 Å². The molecule has 0 aliphatic heterocycles. The number of para-hydroxylation sites is 1. The lowest BCUT2D eigenvalue weighted by molar-refractivity contribution is 0.0437. The molecule has 7 heteroatoms. The Morgan fingerprint density at radius 1 is 1.35 bits per heavy atom. The topological polar surface area (TPSA) is 79.4 Å². The monoisotopic (exact) mass is 313 g/mol. The third kappa shape index (κ3) is 3.23. The van der Waals surface area contributed by atoms with E-state index >= 15 is 0 Å². The van der Waals surface area contributed by atoms with E-state index in [1.165, 1.54) is 10.9 Å². The van der Waals surface area contributed by atoms with Crippen molar-refractivity contribution in [2.45, 2.75) is 6.61 Å². The first-order valence-corrected chi connectivity index (χ1v) is 6.92. The van der Waals surface area contributed by atoms with Gasteiger partial charge in [0.2, 0.25) is 0 Å². The second kappa shape index (κ2) is 6.35. The van der Waals surface area contributed by atoms with Crippen LogP contribution in [0.3, 0.4) is 0 Å². The summed E-state index contributed by atoms with van der Waals surface area (Å²) in [6.45, 7) is -0.00409. The molecule has 0 spiro atoms. The van der Waals surface area contributed by atoms with Gasteiger partial charge in [0.25, 0.3) is 0 Å². The van der Waals surface area contributed by atoms with Crippen molar-refractivity contribution in [1.82, 2.24) is 14.9 Å². The number of nitrogens with zero attached hydrogens (tertiary/aromatic N) is 3. The minimum Gasteiger partial charge on any atom is -0.496 e. The van der Waals surface area contributed by atoms with Gasteiger partial charge in [-0.3, -0.25) is 4.68 Å². The summed E-state index contributed by atoms with van der Waals surface area (Å²) >= 11 is 0. The van der Waals surface area contributed by atoms with Gasteiger partial charge in [-0.05, 0) is 12.1 Å². The zero-order chi connectivity index (χ0) is 16.2. The molecule has 0 N–H and O–H groups in total. The molecule has 7 nitrogen and oxygen atoms in total. The average molecular weight is 313 g/mol. The van der Waals surface area contributed by atoms with E-state index in [1.807, 2.05) is 24.3 Å². The molecule has 0 radical (unpaired) electrons. The molecule has 0 bridgehead atoms. The Kier molecular flexibility index (Phi) is 4.09. The zero-order valence-electron chi connectivity index (χ0n) is 12.7. The van der Waals surface area contributed by atoms with Crippen molar-refractivity contribution >= 4 is 5.97 Å². The van der Waals surface area contributed by atoms with Gasteiger partial charge in [0.05, 0.1) is 18.9 Å². The zero-order valence-corrected chi connectivity index (χ0v) is 12.7. The second-order valence-electron chi connectivity index (χ2n) is 4.86. The summed E-state index contributed by atoms with van der Waals surface area (Å²) in [5.74, 6) is 0.677. The summed E-state index contributed by atoms with van der Waals surface area (Å²) in [6, 6.07) is 9.19. The fourth-order valence-corrected chi connectivity index (χ4v) is 2.11. The average Bonchev–Trinajstić information content (AvgIpc) is 3.21. The molecule has 0 unspecified atom stereocenters. The summed E-state index contributed by atoms with van der Waals surface area (Å²) in [5.41, 5.74) is 1.82. The minimum atomic E-state index is -0.464. The quantitative estimate of drug-likeness (QED) is 0.673. The summed E-state index contributed by atoms with van der Waals surface area (Å²) in [4.78, 5) is 11.9. The van der Waals surface area contributed by atoms with E-state index in [0.29, 0.717) is 22.8 Å².